The summed E-state index contributed by atoms with van der Waals surface area (Å²) >= 11 is 6.00. The zero-order valence-electron chi connectivity index (χ0n) is 10.7. The van der Waals surface area contributed by atoms with Crippen LogP contribution in [0.25, 0.3) is 11.4 Å². The van der Waals surface area contributed by atoms with E-state index in [9.17, 15) is 0 Å². The lowest BCUT2D eigenvalue weighted by Crippen LogP contribution is -2.06. The smallest absolute Gasteiger partial charge is 0.183 e. The van der Waals surface area contributed by atoms with Crippen LogP contribution in [0, 0.1) is 0 Å². The molecule has 0 radical (unpaired) electrons. The van der Waals surface area contributed by atoms with Crippen LogP contribution in [0.3, 0.4) is 0 Å². The Morgan fingerprint density at radius 2 is 2.00 bits per heavy atom. The zero-order chi connectivity index (χ0) is 13.2. The molecule has 1 aromatic heterocycles. The molecule has 4 nitrogen and oxygen atoms in total. The lowest BCUT2D eigenvalue weighted by molar-refractivity contribution is 0.429. The summed E-state index contributed by atoms with van der Waals surface area (Å²) in [6, 6.07) is 5.37. The number of rotatable bonds is 2. The molecular weight excluding hydrogens is 260 g/mol. The Morgan fingerprint density at radius 1 is 1.21 bits per heavy atom. The van der Waals surface area contributed by atoms with Crippen LogP contribution in [0.5, 0.6) is 0 Å². The number of nitrogen functional groups attached to an aromatic ring is 1. The van der Waals surface area contributed by atoms with Gasteiger partial charge >= 0.3 is 0 Å². The second-order valence-corrected chi connectivity index (χ2v) is 5.55. The highest BCUT2D eigenvalue weighted by atomic mass is 35.5. The van der Waals surface area contributed by atoms with Crippen LogP contribution < -0.4 is 5.73 Å². The van der Waals surface area contributed by atoms with Gasteiger partial charge in [0.15, 0.2) is 5.82 Å². The molecule has 1 aliphatic rings. The number of benzene rings is 1. The summed E-state index contributed by atoms with van der Waals surface area (Å²) in [5.74, 6) is 2.13. The molecule has 1 heterocycles. The van der Waals surface area contributed by atoms with E-state index in [0.29, 0.717) is 22.5 Å². The van der Waals surface area contributed by atoms with Gasteiger partial charge in [0.2, 0.25) is 0 Å². The molecule has 1 aromatic carbocycles. The van der Waals surface area contributed by atoms with Crippen molar-refractivity contribution in [3.8, 4) is 11.4 Å². The van der Waals surface area contributed by atoms with Gasteiger partial charge in [-0.15, -0.1) is 0 Å². The lowest BCUT2D eigenvalue weighted by Gasteiger charge is -2.18. The van der Waals surface area contributed by atoms with Crippen LogP contribution in [0.4, 0.5) is 5.69 Å². The van der Waals surface area contributed by atoms with E-state index >= 15 is 0 Å². The lowest BCUT2D eigenvalue weighted by atomic mass is 9.89. The minimum absolute atomic E-state index is 0.510. The molecule has 0 bridgehead atoms. The summed E-state index contributed by atoms with van der Waals surface area (Å²) in [4.78, 5) is 4.60. The molecule has 5 heteroatoms. The first kappa shape index (κ1) is 12.5. The van der Waals surface area contributed by atoms with Gasteiger partial charge in [-0.25, -0.2) is 4.98 Å². The highest BCUT2D eigenvalue weighted by Crippen LogP contribution is 2.32. The fourth-order valence-electron chi connectivity index (χ4n) is 2.68. The van der Waals surface area contributed by atoms with Gasteiger partial charge in [0, 0.05) is 22.2 Å². The van der Waals surface area contributed by atoms with Crippen molar-refractivity contribution in [1.29, 1.82) is 0 Å². The van der Waals surface area contributed by atoms with Gasteiger partial charge in [-0.1, -0.05) is 30.9 Å². The maximum Gasteiger partial charge on any atom is 0.183 e. The Hall–Kier alpha value is -1.55. The topological polar surface area (TPSA) is 67.6 Å². The van der Waals surface area contributed by atoms with Crippen LogP contribution in [-0.4, -0.2) is 15.2 Å². The van der Waals surface area contributed by atoms with Crippen molar-refractivity contribution in [2.24, 2.45) is 0 Å². The fraction of sp³-hybridized carbons (Fsp3) is 0.429. The molecule has 19 heavy (non-hydrogen) atoms. The summed E-state index contributed by atoms with van der Waals surface area (Å²) in [6.07, 6.45) is 6.28. The normalized spacial score (nSPS) is 16.7. The van der Waals surface area contributed by atoms with Gasteiger partial charge < -0.3 is 5.73 Å². The van der Waals surface area contributed by atoms with E-state index in [1.807, 2.05) is 6.07 Å². The van der Waals surface area contributed by atoms with Crippen molar-refractivity contribution in [2.75, 3.05) is 5.73 Å². The molecule has 3 N–H and O–H groups in total. The van der Waals surface area contributed by atoms with Crippen molar-refractivity contribution in [3.05, 3.63) is 29.0 Å². The third-order valence-electron chi connectivity index (χ3n) is 3.75. The number of nitrogens with two attached hydrogens (primary N) is 1. The Labute approximate surface area is 117 Å². The summed E-state index contributed by atoms with van der Waals surface area (Å²) in [7, 11) is 0. The Bertz CT molecular complexity index is 573. The minimum atomic E-state index is 0.510. The summed E-state index contributed by atoms with van der Waals surface area (Å²) < 4.78 is 0. The average molecular weight is 277 g/mol. The molecule has 100 valence electrons. The molecular formula is C14H17ClN4. The number of aromatic amines is 1. The van der Waals surface area contributed by atoms with E-state index in [1.54, 1.807) is 12.1 Å². The van der Waals surface area contributed by atoms with E-state index in [-0.39, 0.29) is 0 Å². The predicted molar refractivity (Wildman–Crippen MR) is 77.1 cm³/mol. The number of hydrogen-bond acceptors (Lipinski definition) is 3. The maximum absolute atomic E-state index is 6.00. The predicted octanol–water partition coefficient (Wildman–Crippen LogP) is 3.76. The molecule has 0 saturated heterocycles. The number of halogens is 1. The van der Waals surface area contributed by atoms with E-state index in [2.05, 4.69) is 15.2 Å². The molecule has 1 fully saturated rings. The highest BCUT2D eigenvalue weighted by molar-refractivity contribution is 6.31. The van der Waals surface area contributed by atoms with Crippen LogP contribution >= 0.6 is 11.6 Å². The SMILES string of the molecule is Nc1ccc(Cl)cc1-c1n[nH]c(C2CCCCC2)n1. The average Bonchev–Trinajstić information content (AvgIpc) is 2.92. The van der Waals surface area contributed by atoms with E-state index in [0.717, 1.165) is 11.4 Å². The quantitative estimate of drug-likeness (QED) is 0.821. The van der Waals surface area contributed by atoms with Gasteiger partial charge in [-0.2, -0.15) is 5.10 Å². The number of hydrogen-bond donors (Lipinski definition) is 2. The number of nitrogens with zero attached hydrogens (tertiary/aromatic N) is 2. The van der Waals surface area contributed by atoms with Crippen molar-refractivity contribution in [2.45, 2.75) is 38.0 Å². The monoisotopic (exact) mass is 276 g/mol. The van der Waals surface area contributed by atoms with Crippen molar-refractivity contribution in [3.63, 3.8) is 0 Å². The number of H-pyrrole nitrogens is 1. The summed E-state index contributed by atoms with van der Waals surface area (Å²) in [5, 5.41) is 8.00. The molecule has 1 saturated carbocycles. The van der Waals surface area contributed by atoms with Crippen LogP contribution in [0.2, 0.25) is 5.02 Å². The fourth-order valence-corrected chi connectivity index (χ4v) is 2.85. The molecule has 0 amide bonds. The number of anilines is 1. The largest absolute Gasteiger partial charge is 0.398 e. The summed E-state index contributed by atoms with van der Waals surface area (Å²) in [6.45, 7) is 0. The molecule has 2 aromatic rings. The Morgan fingerprint density at radius 3 is 2.79 bits per heavy atom. The molecule has 0 atom stereocenters. The first-order valence-electron chi connectivity index (χ1n) is 6.72. The highest BCUT2D eigenvalue weighted by Gasteiger charge is 2.20. The van der Waals surface area contributed by atoms with Gasteiger partial charge in [-0.3, -0.25) is 5.10 Å². The van der Waals surface area contributed by atoms with Crippen molar-refractivity contribution < 1.29 is 0 Å². The van der Waals surface area contributed by atoms with Crippen molar-refractivity contribution in [1.82, 2.24) is 15.2 Å². The van der Waals surface area contributed by atoms with E-state index < -0.39 is 0 Å². The Balaban J connectivity index is 1.89. The van der Waals surface area contributed by atoms with Crippen LogP contribution in [-0.2, 0) is 0 Å². The molecule has 3 rings (SSSR count). The third-order valence-corrected chi connectivity index (χ3v) is 3.99. The van der Waals surface area contributed by atoms with Gasteiger partial charge in [-0.05, 0) is 31.0 Å². The van der Waals surface area contributed by atoms with Crippen LogP contribution in [0.1, 0.15) is 43.8 Å². The van der Waals surface area contributed by atoms with Gasteiger partial charge in [0.1, 0.15) is 5.82 Å². The van der Waals surface area contributed by atoms with Gasteiger partial charge in [0.05, 0.1) is 0 Å². The minimum Gasteiger partial charge on any atom is -0.398 e. The standard InChI is InChI=1S/C14H17ClN4/c15-10-6-7-12(16)11(8-10)14-17-13(18-19-14)9-4-2-1-3-5-9/h6-9H,1-5,16H2,(H,17,18,19). The molecule has 0 unspecified atom stereocenters. The second kappa shape index (κ2) is 5.21. The third kappa shape index (κ3) is 2.59. The first-order chi connectivity index (χ1) is 9.24. The van der Waals surface area contributed by atoms with E-state index in [4.69, 9.17) is 17.3 Å². The first-order valence-corrected chi connectivity index (χ1v) is 7.09. The molecule has 0 aliphatic heterocycles. The molecule has 0 spiro atoms. The molecule has 1 aliphatic carbocycles. The van der Waals surface area contributed by atoms with Crippen LogP contribution in [0.15, 0.2) is 18.2 Å². The maximum atomic E-state index is 6.00. The number of aromatic nitrogens is 3. The van der Waals surface area contributed by atoms with Crippen molar-refractivity contribution >= 4 is 17.3 Å². The second-order valence-electron chi connectivity index (χ2n) is 5.11. The van der Waals surface area contributed by atoms with E-state index in [1.165, 1.54) is 32.1 Å². The summed E-state index contributed by atoms with van der Waals surface area (Å²) in [5.41, 5.74) is 7.41. The number of nitrogens with one attached hydrogen (secondary N) is 1. The zero-order valence-corrected chi connectivity index (χ0v) is 11.5. The van der Waals surface area contributed by atoms with Gasteiger partial charge in [0.25, 0.3) is 0 Å². The Kier molecular flexibility index (Phi) is 3.42.